The van der Waals surface area contributed by atoms with Gasteiger partial charge in [0.15, 0.2) is 0 Å². The Morgan fingerprint density at radius 1 is 1.12 bits per heavy atom. The van der Waals surface area contributed by atoms with Crippen LogP contribution < -0.4 is 0 Å². The van der Waals surface area contributed by atoms with Crippen molar-refractivity contribution >= 4 is 11.0 Å². The number of nitrogens with zero attached hydrogens (tertiary/aromatic N) is 5. The van der Waals surface area contributed by atoms with E-state index in [1.807, 2.05) is 54.1 Å². The molecule has 0 aliphatic heterocycles. The van der Waals surface area contributed by atoms with Crippen molar-refractivity contribution in [2.75, 3.05) is 0 Å². The van der Waals surface area contributed by atoms with Gasteiger partial charge in [-0.3, -0.25) is 0 Å². The van der Waals surface area contributed by atoms with Gasteiger partial charge in [0.2, 0.25) is 5.82 Å². The van der Waals surface area contributed by atoms with Gasteiger partial charge in [0.1, 0.15) is 5.52 Å². The summed E-state index contributed by atoms with van der Waals surface area (Å²) in [5.41, 5.74) is 4.78. The van der Waals surface area contributed by atoms with Crippen molar-refractivity contribution in [2.24, 2.45) is 0 Å². The molecule has 0 unspecified atom stereocenters. The molecule has 6 heteroatoms. The van der Waals surface area contributed by atoms with Gasteiger partial charge in [0.25, 0.3) is 5.89 Å². The van der Waals surface area contributed by atoms with Gasteiger partial charge in [0.05, 0.1) is 5.52 Å². The molecule has 2 heterocycles. The zero-order valence-electron chi connectivity index (χ0n) is 13.6. The van der Waals surface area contributed by atoms with Crippen LogP contribution in [-0.2, 0) is 6.54 Å². The van der Waals surface area contributed by atoms with Crippen molar-refractivity contribution in [1.82, 2.24) is 25.1 Å². The van der Waals surface area contributed by atoms with Crippen molar-refractivity contribution in [3.8, 4) is 22.8 Å². The first-order valence-corrected chi connectivity index (χ1v) is 7.99. The number of aromatic nitrogens is 5. The highest BCUT2D eigenvalue weighted by Gasteiger charge is 2.13. The lowest BCUT2D eigenvalue weighted by Gasteiger charge is -1.99. The third kappa shape index (κ3) is 2.46. The third-order valence-electron chi connectivity index (χ3n) is 4.01. The molecule has 0 fully saturated rings. The van der Waals surface area contributed by atoms with Crippen LogP contribution in [0.25, 0.3) is 33.9 Å². The molecular weight excluding hydrogens is 302 g/mol. The van der Waals surface area contributed by atoms with E-state index >= 15 is 0 Å². The average Bonchev–Trinajstić information content (AvgIpc) is 3.23. The molecule has 0 radical (unpaired) electrons. The van der Waals surface area contributed by atoms with Gasteiger partial charge in [-0.1, -0.05) is 35.5 Å². The Labute approximate surface area is 139 Å². The first kappa shape index (κ1) is 14.6. The van der Waals surface area contributed by atoms with Crippen LogP contribution in [0.3, 0.4) is 0 Å². The molecule has 0 bridgehead atoms. The van der Waals surface area contributed by atoms with Crippen molar-refractivity contribution in [1.29, 1.82) is 0 Å². The number of fused-ring (bicyclic) bond motifs is 1. The molecule has 120 valence electrons. The molecule has 0 aliphatic carbocycles. The molecule has 0 saturated heterocycles. The number of aryl methyl sites for hydroxylation is 2. The molecule has 0 spiro atoms. The summed E-state index contributed by atoms with van der Waals surface area (Å²) in [7, 11) is 0. The molecule has 2 aromatic heterocycles. The van der Waals surface area contributed by atoms with Gasteiger partial charge >= 0.3 is 0 Å². The Morgan fingerprint density at radius 3 is 2.83 bits per heavy atom. The van der Waals surface area contributed by atoms with Crippen LogP contribution in [0.5, 0.6) is 0 Å². The molecule has 0 amide bonds. The molecule has 0 aliphatic rings. The second kappa shape index (κ2) is 5.88. The van der Waals surface area contributed by atoms with E-state index in [0.29, 0.717) is 11.7 Å². The second-order valence-electron chi connectivity index (χ2n) is 5.75. The van der Waals surface area contributed by atoms with Gasteiger partial charge < -0.3 is 4.52 Å². The van der Waals surface area contributed by atoms with Gasteiger partial charge in [-0.05, 0) is 43.2 Å². The zero-order chi connectivity index (χ0) is 16.5. The summed E-state index contributed by atoms with van der Waals surface area (Å²) in [6.45, 7) is 5.00. The van der Waals surface area contributed by atoms with Crippen LogP contribution in [0.15, 0.2) is 47.0 Å². The van der Waals surface area contributed by atoms with E-state index in [0.717, 1.165) is 40.7 Å². The highest BCUT2D eigenvalue weighted by atomic mass is 16.5. The summed E-state index contributed by atoms with van der Waals surface area (Å²) in [5.74, 6) is 1.08. The Balaban J connectivity index is 1.72. The van der Waals surface area contributed by atoms with E-state index in [2.05, 4.69) is 27.4 Å². The van der Waals surface area contributed by atoms with Crippen molar-refractivity contribution in [3.05, 3.63) is 48.0 Å². The largest absolute Gasteiger partial charge is 0.334 e. The highest BCUT2D eigenvalue weighted by molar-refractivity contribution is 5.80. The standard InChI is InChI=1S/C18H17N5O/c1-3-10-23-16-9-8-13(11-15(16)20-22-23)17-19-18(24-21-17)14-7-5-4-6-12(14)2/h4-9,11H,3,10H2,1-2H3. The number of hydrogen-bond donors (Lipinski definition) is 0. The fraction of sp³-hybridized carbons (Fsp3) is 0.222. The van der Waals surface area contributed by atoms with Crippen LogP contribution in [-0.4, -0.2) is 25.1 Å². The van der Waals surface area contributed by atoms with Crippen LogP contribution in [0.2, 0.25) is 0 Å². The fourth-order valence-electron chi connectivity index (χ4n) is 2.75. The normalized spacial score (nSPS) is 11.2. The predicted octanol–water partition coefficient (Wildman–Crippen LogP) is 3.87. The van der Waals surface area contributed by atoms with Gasteiger partial charge in [0, 0.05) is 17.7 Å². The minimum absolute atomic E-state index is 0.526. The first-order chi connectivity index (χ1) is 11.8. The SMILES string of the molecule is CCCn1nnc2cc(-c3noc(-c4ccccc4C)n3)ccc21. The fourth-order valence-corrected chi connectivity index (χ4v) is 2.75. The maximum atomic E-state index is 5.44. The Morgan fingerprint density at radius 2 is 2.00 bits per heavy atom. The summed E-state index contributed by atoms with van der Waals surface area (Å²) in [5, 5.41) is 12.5. The molecule has 0 atom stereocenters. The topological polar surface area (TPSA) is 69.6 Å². The maximum Gasteiger partial charge on any atom is 0.258 e. The van der Waals surface area contributed by atoms with E-state index in [1.165, 1.54) is 0 Å². The molecule has 4 aromatic rings. The van der Waals surface area contributed by atoms with E-state index < -0.39 is 0 Å². The van der Waals surface area contributed by atoms with E-state index in [1.54, 1.807) is 0 Å². The van der Waals surface area contributed by atoms with Crippen LogP contribution >= 0.6 is 0 Å². The lowest BCUT2D eigenvalue weighted by molar-refractivity contribution is 0.432. The highest BCUT2D eigenvalue weighted by Crippen LogP contribution is 2.26. The lowest BCUT2D eigenvalue weighted by Crippen LogP contribution is -1.98. The van der Waals surface area contributed by atoms with Gasteiger partial charge in [-0.15, -0.1) is 5.10 Å². The Hall–Kier alpha value is -3.02. The summed E-state index contributed by atoms with van der Waals surface area (Å²) < 4.78 is 7.35. The molecule has 6 nitrogen and oxygen atoms in total. The lowest BCUT2D eigenvalue weighted by atomic mass is 10.1. The molecule has 4 rings (SSSR count). The summed E-state index contributed by atoms with van der Waals surface area (Å²) in [6, 6.07) is 13.9. The average molecular weight is 319 g/mol. The smallest absolute Gasteiger partial charge is 0.258 e. The monoisotopic (exact) mass is 319 g/mol. The van der Waals surface area contributed by atoms with Crippen molar-refractivity contribution in [2.45, 2.75) is 26.8 Å². The third-order valence-corrected chi connectivity index (χ3v) is 4.01. The summed E-state index contributed by atoms with van der Waals surface area (Å²) in [6.07, 6.45) is 1.02. The minimum atomic E-state index is 0.526. The molecule has 2 aromatic carbocycles. The summed E-state index contributed by atoms with van der Waals surface area (Å²) >= 11 is 0. The van der Waals surface area contributed by atoms with E-state index in [4.69, 9.17) is 4.52 Å². The molecule has 0 saturated carbocycles. The van der Waals surface area contributed by atoms with Crippen LogP contribution in [0, 0.1) is 6.92 Å². The molecule has 24 heavy (non-hydrogen) atoms. The van der Waals surface area contributed by atoms with Crippen LogP contribution in [0.1, 0.15) is 18.9 Å². The minimum Gasteiger partial charge on any atom is -0.334 e. The maximum absolute atomic E-state index is 5.44. The number of benzene rings is 2. The van der Waals surface area contributed by atoms with E-state index in [-0.39, 0.29) is 0 Å². The first-order valence-electron chi connectivity index (χ1n) is 7.99. The molecular formula is C18H17N5O. The number of hydrogen-bond acceptors (Lipinski definition) is 5. The predicted molar refractivity (Wildman–Crippen MR) is 91.3 cm³/mol. The molecule has 0 N–H and O–H groups in total. The van der Waals surface area contributed by atoms with Crippen molar-refractivity contribution < 1.29 is 4.52 Å². The Bertz CT molecular complexity index is 1000. The Kier molecular flexibility index (Phi) is 3.57. The van der Waals surface area contributed by atoms with Crippen LogP contribution in [0.4, 0.5) is 0 Å². The van der Waals surface area contributed by atoms with Crippen molar-refractivity contribution in [3.63, 3.8) is 0 Å². The number of rotatable bonds is 4. The second-order valence-corrected chi connectivity index (χ2v) is 5.75. The van der Waals surface area contributed by atoms with E-state index in [9.17, 15) is 0 Å². The van der Waals surface area contributed by atoms with Gasteiger partial charge in [-0.2, -0.15) is 4.98 Å². The zero-order valence-corrected chi connectivity index (χ0v) is 13.6. The summed E-state index contributed by atoms with van der Waals surface area (Å²) in [4.78, 5) is 4.53. The quantitative estimate of drug-likeness (QED) is 0.571. The van der Waals surface area contributed by atoms with Gasteiger partial charge in [-0.25, -0.2) is 4.68 Å².